The van der Waals surface area contributed by atoms with Gasteiger partial charge >= 0.3 is 12.0 Å². The number of hydrogen-bond acceptors (Lipinski definition) is 6. The fourth-order valence-electron chi connectivity index (χ4n) is 4.29. The average Bonchev–Trinajstić information content (AvgIpc) is 3.22. The Morgan fingerprint density at radius 2 is 2.00 bits per heavy atom. The molecular weight excluding hydrogens is 449 g/mol. The summed E-state index contributed by atoms with van der Waals surface area (Å²) in [4.78, 5) is 52.6. The highest BCUT2D eigenvalue weighted by Gasteiger charge is 2.49. The van der Waals surface area contributed by atoms with Gasteiger partial charge in [-0.3, -0.25) is 14.5 Å². The van der Waals surface area contributed by atoms with Gasteiger partial charge in [0, 0.05) is 4.88 Å². The number of fused-ring (bicyclic) bond motifs is 1. The lowest BCUT2D eigenvalue weighted by Crippen LogP contribution is -2.42. The van der Waals surface area contributed by atoms with Crippen LogP contribution in [-0.4, -0.2) is 42.4 Å². The standard InChI is InChI=1S/C23H24FN3O5S/c1-12-4-9-15-16(10-12)33-19(18(15)20(29)32-3)25-17(28)11-27-21(30)23(2,26-22(27)31)13-5-7-14(24)8-6-13/h5-8,12H,4,9-11H2,1-3H3,(H,25,28)(H,26,31). The van der Waals surface area contributed by atoms with Crippen molar-refractivity contribution in [1.29, 1.82) is 0 Å². The molecule has 2 atom stereocenters. The molecule has 0 radical (unpaired) electrons. The summed E-state index contributed by atoms with van der Waals surface area (Å²) in [6.07, 6.45) is 2.46. The first-order chi connectivity index (χ1) is 15.6. The molecule has 8 nitrogen and oxygen atoms in total. The second-order valence-electron chi connectivity index (χ2n) is 8.55. The Kier molecular flexibility index (Phi) is 5.96. The molecule has 0 bridgehead atoms. The van der Waals surface area contributed by atoms with Crippen molar-refractivity contribution in [1.82, 2.24) is 10.2 Å². The van der Waals surface area contributed by atoms with Crippen LogP contribution in [0.5, 0.6) is 0 Å². The predicted octanol–water partition coefficient (Wildman–Crippen LogP) is 3.20. The van der Waals surface area contributed by atoms with E-state index in [1.807, 2.05) is 0 Å². The third-order valence-corrected chi connectivity index (χ3v) is 7.32. The zero-order valence-electron chi connectivity index (χ0n) is 18.5. The molecule has 1 aliphatic heterocycles. The molecule has 2 N–H and O–H groups in total. The van der Waals surface area contributed by atoms with Crippen molar-refractivity contribution < 1.29 is 28.3 Å². The van der Waals surface area contributed by atoms with E-state index in [9.17, 15) is 23.6 Å². The quantitative estimate of drug-likeness (QED) is 0.513. The van der Waals surface area contributed by atoms with E-state index in [1.165, 1.54) is 49.6 Å². The number of nitrogens with one attached hydrogen (secondary N) is 2. The van der Waals surface area contributed by atoms with E-state index in [0.717, 1.165) is 34.6 Å². The molecule has 10 heteroatoms. The van der Waals surface area contributed by atoms with E-state index in [-0.39, 0.29) is 0 Å². The molecule has 1 aromatic heterocycles. The minimum absolute atomic E-state index is 0.339. The third-order valence-electron chi connectivity index (χ3n) is 6.15. The normalized spacial score (nSPS) is 22.1. The van der Waals surface area contributed by atoms with E-state index < -0.39 is 41.7 Å². The molecule has 1 fully saturated rings. The molecule has 2 aromatic rings. The summed E-state index contributed by atoms with van der Waals surface area (Å²) in [5, 5.41) is 5.64. The number of amides is 4. The van der Waals surface area contributed by atoms with E-state index >= 15 is 0 Å². The summed E-state index contributed by atoms with van der Waals surface area (Å²) < 4.78 is 18.2. The van der Waals surface area contributed by atoms with Gasteiger partial charge in [-0.2, -0.15) is 0 Å². The van der Waals surface area contributed by atoms with Crippen LogP contribution in [0.4, 0.5) is 14.2 Å². The fraction of sp³-hybridized carbons (Fsp3) is 0.391. The number of benzene rings is 1. The summed E-state index contributed by atoms with van der Waals surface area (Å²) in [5.74, 6) is -1.76. The third kappa shape index (κ3) is 4.10. The summed E-state index contributed by atoms with van der Waals surface area (Å²) in [6.45, 7) is 3.11. The highest BCUT2D eigenvalue weighted by atomic mass is 32.1. The first-order valence-corrected chi connectivity index (χ1v) is 11.4. The first kappa shape index (κ1) is 22.9. The number of carbonyl (C=O) groups is 4. The number of hydrogen-bond donors (Lipinski definition) is 2. The number of anilines is 1. The van der Waals surface area contributed by atoms with Crippen LogP contribution in [-0.2, 0) is 32.7 Å². The monoisotopic (exact) mass is 473 g/mol. The molecule has 33 heavy (non-hydrogen) atoms. The molecule has 0 saturated carbocycles. The van der Waals surface area contributed by atoms with Gasteiger partial charge in [0.25, 0.3) is 5.91 Å². The lowest BCUT2D eigenvalue weighted by molar-refractivity contribution is -0.133. The second-order valence-corrected chi connectivity index (χ2v) is 9.65. The minimum atomic E-state index is -1.42. The number of nitrogens with zero attached hydrogens (tertiary/aromatic N) is 1. The lowest BCUT2D eigenvalue weighted by Gasteiger charge is -2.22. The van der Waals surface area contributed by atoms with Crippen molar-refractivity contribution in [3.8, 4) is 0 Å². The molecule has 1 aromatic carbocycles. The van der Waals surface area contributed by atoms with Crippen molar-refractivity contribution in [3.05, 3.63) is 51.7 Å². The summed E-state index contributed by atoms with van der Waals surface area (Å²) >= 11 is 1.32. The van der Waals surface area contributed by atoms with Crippen molar-refractivity contribution >= 4 is 40.2 Å². The number of thiophene rings is 1. The zero-order valence-corrected chi connectivity index (χ0v) is 19.3. The highest BCUT2D eigenvalue weighted by Crippen LogP contribution is 2.40. The highest BCUT2D eigenvalue weighted by molar-refractivity contribution is 7.17. The van der Waals surface area contributed by atoms with Gasteiger partial charge in [0.2, 0.25) is 5.91 Å². The summed E-state index contributed by atoms with van der Waals surface area (Å²) in [7, 11) is 1.28. The maximum Gasteiger partial charge on any atom is 0.341 e. The number of methoxy groups -OCH3 is 1. The smallest absolute Gasteiger partial charge is 0.341 e. The Morgan fingerprint density at radius 1 is 1.30 bits per heavy atom. The van der Waals surface area contributed by atoms with Crippen molar-refractivity contribution in [2.45, 2.75) is 38.6 Å². The Hall–Kier alpha value is -3.27. The van der Waals surface area contributed by atoms with Crippen LogP contribution in [0.25, 0.3) is 0 Å². The maximum atomic E-state index is 13.3. The fourth-order valence-corrected chi connectivity index (χ4v) is 5.70. The van der Waals surface area contributed by atoms with E-state index in [4.69, 9.17) is 4.74 Å². The minimum Gasteiger partial charge on any atom is -0.465 e. The Labute approximate surface area is 194 Å². The van der Waals surface area contributed by atoms with Crippen LogP contribution < -0.4 is 10.6 Å². The zero-order chi connectivity index (χ0) is 23.9. The van der Waals surface area contributed by atoms with E-state index in [1.54, 1.807) is 0 Å². The number of urea groups is 1. The van der Waals surface area contributed by atoms with Gasteiger partial charge < -0.3 is 15.4 Å². The Balaban J connectivity index is 1.54. The molecule has 2 heterocycles. The van der Waals surface area contributed by atoms with Gasteiger partial charge in [-0.15, -0.1) is 11.3 Å². The average molecular weight is 474 g/mol. The number of halogens is 1. The Bertz CT molecular complexity index is 1150. The number of rotatable bonds is 5. The van der Waals surface area contributed by atoms with Gasteiger partial charge in [0.1, 0.15) is 22.9 Å². The Morgan fingerprint density at radius 3 is 2.67 bits per heavy atom. The van der Waals surface area contributed by atoms with Crippen LogP contribution >= 0.6 is 11.3 Å². The molecule has 4 amide bonds. The van der Waals surface area contributed by atoms with Crippen LogP contribution in [0, 0.1) is 11.7 Å². The van der Waals surface area contributed by atoms with Crippen LogP contribution in [0.2, 0.25) is 0 Å². The predicted molar refractivity (Wildman–Crippen MR) is 119 cm³/mol. The topological polar surface area (TPSA) is 105 Å². The summed E-state index contributed by atoms with van der Waals surface area (Å²) in [6, 6.07) is 4.49. The molecule has 4 rings (SSSR count). The van der Waals surface area contributed by atoms with Crippen molar-refractivity contribution in [2.75, 3.05) is 19.0 Å². The molecule has 2 unspecified atom stereocenters. The molecule has 174 valence electrons. The van der Waals surface area contributed by atoms with Crippen LogP contribution in [0.15, 0.2) is 24.3 Å². The molecule has 0 spiro atoms. The number of esters is 1. The number of ether oxygens (including phenoxy) is 1. The van der Waals surface area contributed by atoms with Gasteiger partial charge in [-0.05, 0) is 55.4 Å². The van der Waals surface area contributed by atoms with Gasteiger partial charge in [-0.25, -0.2) is 14.0 Å². The second kappa shape index (κ2) is 8.58. The summed E-state index contributed by atoms with van der Waals surface area (Å²) in [5.41, 5.74) is 0.212. The largest absolute Gasteiger partial charge is 0.465 e. The van der Waals surface area contributed by atoms with Gasteiger partial charge in [-0.1, -0.05) is 19.1 Å². The lowest BCUT2D eigenvalue weighted by atomic mass is 9.88. The van der Waals surface area contributed by atoms with Gasteiger partial charge in [0.15, 0.2) is 0 Å². The van der Waals surface area contributed by atoms with Crippen molar-refractivity contribution in [2.24, 2.45) is 5.92 Å². The van der Waals surface area contributed by atoms with E-state index in [2.05, 4.69) is 17.6 Å². The number of imide groups is 1. The molecular formula is C23H24FN3O5S. The van der Waals surface area contributed by atoms with Crippen LogP contribution in [0.3, 0.4) is 0 Å². The number of carbonyl (C=O) groups excluding carboxylic acids is 4. The first-order valence-electron chi connectivity index (χ1n) is 10.6. The maximum absolute atomic E-state index is 13.3. The van der Waals surface area contributed by atoms with Crippen LogP contribution in [0.1, 0.15) is 46.6 Å². The van der Waals surface area contributed by atoms with E-state index in [0.29, 0.717) is 22.0 Å². The van der Waals surface area contributed by atoms with Gasteiger partial charge in [0.05, 0.1) is 12.7 Å². The molecule has 1 aliphatic carbocycles. The molecule has 2 aliphatic rings. The SMILES string of the molecule is COC(=O)c1c(NC(=O)CN2C(=O)NC(C)(c3ccc(F)cc3)C2=O)sc2c1CCC(C)C2. The molecule has 1 saturated heterocycles. The van der Waals surface area contributed by atoms with Crippen molar-refractivity contribution in [3.63, 3.8) is 0 Å².